The number of carbonyl (C=O) groups excluding carboxylic acids is 1. The van der Waals surface area contributed by atoms with Crippen molar-refractivity contribution < 1.29 is 9.53 Å². The van der Waals surface area contributed by atoms with Gasteiger partial charge in [-0.05, 0) is 25.1 Å². The van der Waals surface area contributed by atoms with Crippen molar-refractivity contribution in [1.29, 1.82) is 0 Å². The van der Waals surface area contributed by atoms with Crippen LogP contribution in [0.5, 0.6) is 0 Å². The zero-order valence-electron chi connectivity index (χ0n) is 15.4. The fourth-order valence-corrected chi connectivity index (χ4v) is 3.24. The maximum atomic E-state index is 12.9. The van der Waals surface area contributed by atoms with Gasteiger partial charge in [0, 0.05) is 21.5 Å². The molecule has 3 aromatic carbocycles. The number of rotatable bonds is 4. The third kappa shape index (κ3) is 3.75. The van der Waals surface area contributed by atoms with Crippen molar-refractivity contribution in [1.82, 2.24) is 4.98 Å². The summed E-state index contributed by atoms with van der Waals surface area (Å²) in [5.41, 5.74) is 4.89. The van der Waals surface area contributed by atoms with Gasteiger partial charge in [-0.15, -0.1) is 0 Å². The van der Waals surface area contributed by atoms with E-state index in [0.29, 0.717) is 10.6 Å². The molecule has 0 spiro atoms. The maximum Gasteiger partial charge on any atom is 0.339 e. The summed E-state index contributed by atoms with van der Waals surface area (Å²) >= 11 is 6.17. The minimum absolute atomic E-state index is 0.120. The van der Waals surface area contributed by atoms with Gasteiger partial charge in [0.15, 0.2) is 0 Å². The topological polar surface area (TPSA) is 39.2 Å². The molecule has 0 fully saturated rings. The lowest BCUT2D eigenvalue weighted by Gasteiger charge is -2.11. The van der Waals surface area contributed by atoms with Crippen molar-refractivity contribution in [3.63, 3.8) is 0 Å². The van der Waals surface area contributed by atoms with E-state index in [1.165, 1.54) is 5.56 Å². The first-order valence-electron chi connectivity index (χ1n) is 8.99. The lowest BCUT2D eigenvalue weighted by molar-refractivity contribution is 0.0475. The molecule has 0 atom stereocenters. The van der Waals surface area contributed by atoms with Crippen LogP contribution < -0.4 is 0 Å². The summed E-state index contributed by atoms with van der Waals surface area (Å²) in [5.74, 6) is -0.396. The molecule has 3 nitrogen and oxygen atoms in total. The van der Waals surface area contributed by atoms with E-state index in [-0.39, 0.29) is 6.61 Å². The molecule has 28 heavy (non-hydrogen) atoms. The van der Waals surface area contributed by atoms with Gasteiger partial charge in [-0.1, -0.05) is 77.8 Å². The number of hydrogen-bond acceptors (Lipinski definition) is 3. The molecule has 1 heterocycles. The second kappa shape index (κ2) is 7.83. The van der Waals surface area contributed by atoms with E-state index in [1.54, 1.807) is 12.1 Å². The van der Waals surface area contributed by atoms with E-state index >= 15 is 0 Å². The van der Waals surface area contributed by atoms with Crippen molar-refractivity contribution in [3.8, 4) is 11.3 Å². The molecule has 0 unspecified atom stereocenters. The van der Waals surface area contributed by atoms with Gasteiger partial charge in [0.1, 0.15) is 6.61 Å². The van der Waals surface area contributed by atoms with Crippen LogP contribution >= 0.6 is 11.6 Å². The Bertz CT molecular complexity index is 1150. The smallest absolute Gasteiger partial charge is 0.339 e. The number of ether oxygens (including phenoxy) is 1. The Kier molecular flexibility index (Phi) is 5.09. The molecular weight excluding hydrogens is 370 g/mol. The van der Waals surface area contributed by atoms with E-state index in [2.05, 4.69) is 0 Å². The van der Waals surface area contributed by atoms with Gasteiger partial charge in [-0.3, -0.25) is 0 Å². The fraction of sp³-hybridized carbons (Fsp3) is 0.0833. The second-order valence-corrected chi connectivity index (χ2v) is 7.01. The Morgan fingerprint density at radius 3 is 2.46 bits per heavy atom. The van der Waals surface area contributed by atoms with Crippen LogP contribution in [0, 0.1) is 6.92 Å². The molecule has 0 saturated heterocycles. The molecule has 0 amide bonds. The number of carbonyl (C=O) groups is 1. The summed E-state index contributed by atoms with van der Waals surface area (Å²) in [6.45, 7) is 2.16. The van der Waals surface area contributed by atoms with E-state index < -0.39 is 5.97 Å². The number of benzene rings is 3. The first kappa shape index (κ1) is 18.2. The van der Waals surface area contributed by atoms with Crippen molar-refractivity contribution >= 4 is 28.5 Å². The molecule has 0 aliphatic heterocycles. The number of aryl methyl sites for hydroxylation is 1. The predicted molar refractivity (Wildman–Crippen MR) is 112 cm³/mol. The number of esters is 1. The van der Waals surface area contributed by atoms with Crippen molar-refractivity contribution in [3.05, 3.63) is 101 Å². The average molecular weight is 388 g/mol. The highest BCUT2D eigenvalue weighted by Crippen LogP contribution is 2.26. The van der Waals surface area contributed by atoms with Crippen LogP contribution in [0.3, 0.4) is 0 Å². The second-order valence-electron chi connectivity index (χ2n) is 6.61. The van der Waals surface area contributed by atoms with Gasteiger partial charge in [0.25, 0.3) is 0 Å². The van der Waals surface area contributed by atoms with Crippen molar-refractivity contribution in [2.45, 2.75) is 13.5 Å². The average Bonchev–Trinajstić information content (AvgIpc) is 2.72. The standard InChI is InChI=1S/C24H18ClNO2/c1-16-10-12-17(13-11-16)23-14-20(19-7-3-5-9-22(19)26-23)24(27)28-15-18-6-2-4-8-21(18)25/h2-14H,15H2,1H3. The Hall–Kier alpha value is -3.17. The van der Waals surface area contributed by atoms with Crippen molar-refractivity contribution in [2.75, 3.05) is 0 Å². The van der Waals surface area contributed by atoms with Crippen LogP contribution in [-0.4, -0.2) is 11.0 Å². The SMILES string of the molecule is Cc1ccc(-c2cc(C(=O)OCc3ccccc3Cl)c3ccccc3n2)cc1. The molecule has 0 aliphatic carbocycles. The predicted octanol–water partition coefficient (Wildman–Crippen LogP) is 6.22. The largest absolute Gasteiger partial charge is 0.457 e. The third-order valence-corrected chi connectivity index (χ3v) is 4.97. The fourth-order valence-electron chi connectivity index (χ4n) is 3.05. The number of halogens is 1. The van der Waals surface area contributed by atoms with Gasteiger partial charge in [-0.25, -0.2) is 9.78 Å². The molecule has 0 saturated carbocycles. The van der Waals surface area contributed by atoms with Gasteiger partial charge in [0.2, 0.25) is 0 Å². The number of nitrogens with zero attached hydrogens (tertiary/aromatic N) is 1. The lowest BCUT2D eigenvalue weighted by Crippen LogP contribution is -2.07. The van der Waals surface area contributed by atoms with Gasteiger partial charge in [0.05, 0.1) is 16.8 Å². The van der Waals surface area contributed by atoms with Crippen molar-refractivity contribution in [2.24, 2.45) is 0 Å². The summed E-state index contributed by atoms with van der Waals surface area (Å²) in [6.07, 6.45) is 0. The first-order valence-corrected chi connectivity index (χ1v) is 9.37. The molecule has 0 aliphatic rings. The van der Waals surface area contributed by atoms with Gasteiger partial charge < -0.3 is 4.74 Å². The van der Waals surface area contributed by atoms with Crippen LogP contribution in [0.1, 0.15) is 21.5 Å². The van der Waals surface area contributed by atoms with E-state index in [1.807, 2.05) is 73.7 Å². The third-order valence-electron chi connectivity index (χ3n) is 4.60. The van der Waals surface area contributed by atoms with Crippen LogP contribution in [0.2, 0.25) is 5.02 Å². The molecule has 0 radical (unpaired) electrons. The van der Waals surface area contributed by atoms with Crippen LogP contribution in [0.15, 0.2) is 78.9 Å². The Labute approximate surface area is 168 Å². The number of fused-ring (bicyclic) bond motifs is 1. The minimum Gasteiger partial charge on any atom is -0.457 e. The summed E-state index contributed by atoms with van der Waals surface area (Å²) in [6, 6.07) is 24.8. The summed E-state index contributed by atoms with van der Waals surface area (Å²) < 4.78 is 5.56. The maximum absolute atomic E-state index is 12.9. The molecular formula is C24H18ClNO2. The quantitative estimate of drug-likeness (QED) is 0.390. The molecule has 4 heteroatoms. The monoisotopic (exact) mass is 387 g/mol. The number of pyridine rings is 1. The molecule has 4 rings (SSSR count). The summed E-state index contributed by atoms with van der Waals surface area (Å²) in [7, 11) is 0. The van der Waals surface area contributed by atoms with Crippen LogP contribution in [0.25, 0.3) is 22.2 Å². The highest BCUT2D eigenvalue weighted by molar-refractivity contribution is 6.31. The number of para-hydroxylation sites is 1. The summed E-state index contributed by atoms with van der Waals surface area (Å²) in [5, 5.41) is 1.35. The molecule has 1 aromatic heterocycles. The van der Waals surface area contributed by atoms with E-state index in [4.69, 9.17) is 21.3 Å². The number of aromatic nitrogens is 1. The Morgan fingerprint density at radius 2 is 1.68 bits per heavy atom. The number of hydrogen-bond donors (Lipinski definition) is 0. The lowest BCUT2D eigenvalue weighted by atomic mass is 10.0. The minimum atomic E-state index is -0.396. The normalized spacial score (nSPS) is 10.8. The van der Waals surface area contributed by atoms with Crippen LogP contribution in [0.4, 0.5) is 0 Å². The van der Waals surface area contributed by atoms with Crippen LogP contribution in [-0.2, 0) is 11.3 Å². The van der Waals surface area contributed by atoms with Gasteiger partial charge >= 0.3 is 5.97 Å². The first-order chi connectivity index (χ1) is 13.6. The zero-order chi connectivity index (χ0) is 19.5. The Morgan fingerprint density at radius 1 is 0.964 bits per heavy atom. The molecule has 0 N–H and O–H groups in total. The van der Waals surface area contributed by atoms with E-state index in [0.717, 1.165) is 27.7 Å². The van der Waals surface area contributed by atoms with E-state index in [9.17, 15) is 4.79 Å². The highest BCUT2D eigenvalue weighted by atomic mass is 35.5. The Balaban J connectivity index is 1.71. The molecule has 0 bridgehead atoms. The molecule has 138 valence electrons. The highest BCUT2D eigenvalue weighted by Gasteiger charge is 2.16. The van der Waals surface area contributed by atoms with Gasteiger partial charge in [-0.2, -0.15) is 0 Å². The summed E-state index contributed by atoms with van der Waals surface area (Å²) in [4.78, 5) is 17.6. The zero-order valence-corrected chi connectivity index (χ0v) is 16.1. The molecule has 4 aromatic rings.